The second-order valence-electron chi connectivity index (χ2n) is 7.80. The minimum absolute atomic E-state index is 0.0507. The van der Waals surface area contributed by atoms with E-state index in [1.807, 2.05) is 31.2 Å². The van der Waals surface area contributed by atoms with Gasteiger partial charge in [-0.2, -0.15) is 0 Å². The van der Waals surface area contributed by atoms with Gasteiger partial charge in [0, 0.05) is 32.6 Å². The van der Waals surface area contributed by atoms with Gasteiger partial charge in [0.15, 0.2) is 0 Å². The molecule has 168 valence electrons. The molecule has 1 saturated heterocycles. The van der Waals surface area contributed by atoms with Gasteiger partial charge in [-0.25, -0.2) is 13.1 Å². The van der Waals surface area contributed by atoms with Gasteiger partial charge in [-0.3, -0.25) is 9.69 Å². The number of rotatable bonds is 9. The second kappa shape index (κ2) is 10.9. The number of morpholine rings is 1. The summed E-state index contributed by atoms with van der Waals surface area (Å²) >= 11 is 0. The summed E-state index contributed by atoms with van der Waals surface area (Å²) in [6.45, 7) is 7.10. The number of sulfonamides is 1. The van der Waals surface area contributed by atoms with Gasteiger partial charge >= 0.3 is 0 Å². The van der Waals surface area contributed by atoms with Crippen molar-refractivity contribution in [1.82, 2.24) is 14.9 Å². The first-order valence-electron chi connectivity index (χ1n) is 10.6. The fraction of sp³-hybridized carbons (Fsp3) is 0.435. The topological polar surface area (TPSA) is 87.7 Å². The van der Waals surface area contributed by atoms with Crippen LogP contribution in [-0.2, 0) is 19.6 Å². The number of nitrogens with zero attached hydrogens (tertiary/aromatic N) is 1. The van der Waals surface area contributed by atoms with Crippen molar-refractivity contribution < 1.29 is 17.9 Å². The van der Waals surface area contributed by atoms with Crippen LogP contribution in [0.2, 0.25) is 0 Å². The van der Waals surface area contributed by atoms with Crippen molar-refractivity contribution in [2.24, 2.45) is 0 Å². The number of nitrogens with one attached hydrogen (secondary N) is 2. The molecule has 0 radical (unpaired) electrons. The van der Waals surface area contributed by atoms with E-state index < -0.39 is 10.0 Å². The molecule has 1 heterocycles. The van der Waals surface area contributed by atoms with E-state index in [-0.39, 0.29) is 29.8 Å². The predicted octanol–water partition coefficient (Wildman–Crippen LogP) is 2.16. The van der Waals surface area contributed by atoms with E-state index >= 15 is 0 Å². The molecule has 0 saturated carbocycles. The van der Waals surface area contributed by atoms with Crippen LogP contribution in [-0.4, -0.2) is 58.6 Å². The average Bonchev–Trinajstić information content (AvgIpc) is 2.77. The Kier molecular flexibility index (Phi) is 8.20. The number of amides is 1. The fourth-order valence-electron chi connectivity index (χ4n) is 3.69. The molecule has 0 spiro atoms. The zero-order valence-corrected chi connectivity index (χ0v) is 19.0. The minimum Gasteiger partial charge on any atom is -0.379 e. The third kappa shape index (κ3) is 6.61. The monoisotopic (exact) mass is 445 g/mol. The Hall–Kier alpha value is -2.26. The third-order valence-electron chi connectivity index (χ3n) is 5.44. The highest BCUT2D eigenvalue weighted by molar-refractivity contribution is 7.89. The Morgan fingerprint density at radius 1 is 1.10 bits per heavy atom. The second-order valence-corrected chi connectivity index (χ2v) is 9.53. The van der Waals surface area contributed by atoms with Crippen molar-refractivity contribution in [1.29, 1.82) is 0 Å². The number of ether oxygens (including phenoxy) is 1. The summed E-state index contributed by atoms with van der Waals surface area (Å²) < 4.78 is 33.2. The first-order valence-corrected chi connectivity index (χ1v) is 12.1. The summed E-state index contributed by atoms with van der Waals surface area (Å²) in [5.74, 6) is -0.183. The number of hydrogen-bond donors (Lipinski definition) is 2. The van der Waals surface area contributed by atoms with Gasteiger partial charge in [0.2, 0.25) is 15.9 Å². The summed E-state index contributed by atoms with van der Waals surface area (Å²) in [4.78, 5) is 15.0. The molecule has 0 bridgehead atoms. The number of carbonyl (C=O) groups excluding carboxylic acids is 1. The minimum atomic E-state index is -3.65. The molecular formula is C23H31N3O4S. The molecule has 0 aliphatic carbocycles. The predicted molar refractivity (Wildman–Crippen MR) is 120 cm³/mol. The number of aryl methyl sites for hydroxylation is 2. The van der Waals surface area contributed by atoms with Crippen LogP contribution in [0.4, 0.5) is 0 Å². The van der Waals surface area contributed by atoms with Gasteiger partial charge < -0.3 is 10.1 Å². The smallest absolute Gasteiger partial charge is 0.240 e. The molecule has 1 fully saturated rings. The van der Waals surface area contributed by atoms with E-state index in [1.165, 1.54) is 0 Å². The highest BCUT2D eigenvalue weighted by Gasteiger charge is 2.23. The molecule has 2 aromatic rings. The maximum Gasteiger partial charge on any atom is 0.240 e. The van der Waals surface area contributed by atoms with Crippen LogP contribution >= 0.6 is 0 Å². The Balaban J connectivity index is 1.54. The number of hydrogen-bond acceptors (Lipinski definition) is 5. The van der Waals surface area contributed by atoms with Gasteiger partial charge in [0.05, 0.1) is 24.2 Å². The van der Waals surface area contributed by atoms with E-state index in [0.717, 1.165) is 24.2 Å². The van der Waals surface area contributed by atoms with E-state index in [9.17, 15) is 13.2 Å². The van der Waals surface area contributed by atoms with Crippen molar-refractivity contribution in [3.63, 3.8) is 0 Å². The molecule has 3 rings (SSSR count). The summed E-state index contributed by atoms with van der Waals surface area (Å²) in [6, 6.07) is 15.4. The van der Waals surface area contributed by atoms with Crippen LogP contribution in [0.1, 0.15) is 29.2 Å². The molecule has 8 heteroatoms. The summed E-state index contributed by atoms with van der Waals surface area (Å²) in [6.07, 6.45) is 0.0781. The van der Waals surface area contributed by atoms with E-state index in [2.05, 4.69) is 27.1 Å². The molecule has 7 nitrogen and oxygen atoms in total. The number of benzene rings is 2. The molecule has 0 aromatic heterocycles. The molecule has 2 aromatic carbocycles. The molecule has 1 atom stereocenters. The summed E-state index contributed by atoms with van der Waals surface area (Å²) in [5.41, 5.74) is 2.69. The van der Waals surface area contributed by atoms with Gasteiger partial charge in [-0.05, 0) is 36.6 Å². The Labute approximate surface area is 184 Å². The van der Waals surface area contributed by atoms with Crippen LogP contribution in [0.3, 0.4) is 0 Å². The lowest BCUT2D eigenvalue weighted by Gasteiger charge is -2.35. The van der Waals surface area contributed by atoms with Gasteiger partial charge in [0.25, 0.3) is 0 Å². The van der Waals surface area contributed by atoms with Gasteiger partial charge in [-0.1, -0.05) is 42.5 Å². The first kappa shape index (κ1) is 23.4. The number of carbonyl (C=O) groups is 1. The fourth-order valence-corrected chi connectivity index (χ4v) is 5.05. The van der Waals surface area contributed by atoms with Crippen LogP contribution < -0.4 is 10.0 Å². The van der Waals surface area contributed by atoms with E-state index in [0.29, 0.717) is 25.3 Å². The van der Waals surface area contributed by atoms with E-state index in [4.69, 9.17) is 4.74 Å². The molecule has 1 aliphatic heterocycles. The van der Waals surface area contributed by atoms with Gasteiger partial charge in [0.1, 0.15) is 0 Å². The van der Waals surface area contributed by atoms with Crippen molar-refractivity contribution in [3.05, 3.63) is 65.2 Å². The van der Waals surface area contributed by atoms with Crippen LogP contribution in [0.25, 0.3) is 0 Å². The lowest BCUT2D eigenvalue weighted by atomic mass is 10.0. The Morgan fingerprint density at radius 3 is 2.52 bits per heavy atom. The van der Waals surface area contributed by atoms with Crippen LogP contribution in [0.15, 0.2) is 53.4 Å². The van der Waals surface area contributed by atoms with Crippen molar-refractivity contribution >= 4 is 15.9 Å². The average molecular weight is 446 g/mol. The van der Waals surface area contributed by atoms with Gasteiger partial charge in [-0.15, -0.1) is 0 Å². The zero-order chi connectivity index (χ0) is 22.3. The summed E-state index contributed by atoms with van der Waals surface area (Å²) in [7, 11) is -3.65. The lowest BCUT2D eigenvalue weighted by molar-refractivity contribution is -0.121. The molecule has 2 N–H and O–H groups in total. The van der Waals surface area contributed by atoms with Crippen molar-refractivity contribution in [2.75, 3.05) is 39.4 Å². The maximum atomic E-state index is 12.6. The maximum absolute atomic E-state index is 12.6. The largest absolute Gasteiger partial charge is 0.379 e. The highest BCUT2D eigenvalue weighted by Crippen LogP contribution is 2.21. The molecule has 1 unspecified atom stereocenters. The van der Waals surface area contributed by atoms with E-state index in [1.54, 1.807) is 19.1 Å². The molecule has 1 aliphatic rings. The Morgan fingerprint density at radius 2 is 1.81 bits per heavy atom. The molecular weight excluding hydrogens is 414 g/mol. The molecule has 1 amide bonds. The summed E-state index contributed by atoms with van der Waals surface area (Å²) in [5, 5.41) is 2.97. The first-order chi connectivity index (χ1) is 14.9. The van der Waals surface area contributed by atoms with Crippen molar-refractivity contribution in [2.45, 2.75) is 31.2 Å². The van der Waals surface area contributed by atoms with Crippen LogP contribution in [0.5, 0.6) is 0 Å². The lowest BCUT2D eigenvalue weighted by Crippen LogP contribution is -2.44. The zero-order valence-electron chi connectivity index (χ0n) is 18.1. The quantitative estimate of drug-likeness (QED) is 0.618. The SMILES string of the molecule is Cc1ccc(C)c(S(=O)(=O)NCCC(=O)NCC(c2ccccc2)N2CCOCC2)c1. The highest BCUT2D eigenvalue weighted by atomic mass is 32.2. The third-order valence-corrected chi connectivity index (χ3v) is 7.04. The van der Waals surface area contributed by atoms with Crippen LogP contribution in [0, 0.1) is 13.8 Å². The standard InChI is InChI=1S/C23H31N3O4S/c1-18-8-9-19(2)22(16-18)31(28,29)25-11-10-23(27)24-17-21(20-6-4-3-5-7-20)26-12-14-30-15-13-26/h3-9,16,21,25H,10-15,17H2,1-2H3,(H,24,27). The molecule has 31 heavy (non-hydrogen) atoms. The van der Waals surface area contributed by atoms with Crippen molar-refractivity contribution in [3.8, 4) is 0 Å². The Bertz CT molecular complexity index is 974. The normalized spacial score (nSPS) is 16.1.